The van der Waals surface area contributed by atoms with Crippen LogP contribution in [0.4, 0.5) is 11.4 Å². The molecule has 1 atom stereocenters. The summed E-state index contributed by atoms with van der Waals surface area (Å²) >= 11 is 5.97. The predicted octanol–water partition coefficient (Wildman–Crippen LogP) is 4.34. The molecule has 0 radical (unpaired) electrons. The van der Waals surface area contributed by atoms with E-state index in [2.05, 4.69) is 5.32 Å². The zero-order valence-electron chi connectivity index (χ0n) is 19.4. The van der Waals surface area contributed by atoms with Gasteiger partial charge < -0.3 is 5.32 Å². The number of sulfonamides is 1. The average Bonchev–Trinajstić information content (AvgIpc) is 2.97. The lowest BCUT2D eigenvalue weighted by atomic mass is 10.1. The minimum atomic E-state index is -4.07. The molecule has 4 rings (SSSR count). The van der Waals surface area contributed by atoms with Crippen molar-refractivity contribution in [2.45, 2.75) is 68.8 Å². The van der Waals surface area contributed by atoms with E-state index in [1.807, 2.05) is 0 Å². The lowest BCUT2D eigenvalue weighted by Crippen LogP contribution is -2.50. The standard InChI is InChI=1S/C25H28ClN3O5S/c1-17(30)27-19-10-12-20(13-11-19)28-24(31)16-23(25(28)32)29(21-6-4-2-3-5-7-21)35(33,34)22-14-8-18(26)9-15-22/h8-15,21,23H,2-7,16H2,1H3,(H,27,30). The first kappa shape index (κ1) is 25.3. The molecule has 1 N–H and O–H groups in total. The maximum absolute atomic E-state index is 13.8. The van der Waals surface area contributed by atoms with E-state index >= 15 is 0 Å². The Morgan fingerprint density at radius 2 is 1.57 bits per heavy atom. The minimum absolute atomic E-state index is 0.0458. The zero-order valence-corrected chi connectivity index (χ0v) is 21.0. The fourth-order valence-corrected chi connectivity index (χ4v) is 6.79. The summed E-state index contributed by atoms with van der Waals surface area (Å²) in [6.07, 6.45) is 4.79. The van der Waals surface area contributed by atoms with Crippen LogP contribution in [-0.2, 0) is 24.4 Å². The second kappa shape index (κ2) is 10.5. The molecule has 35 heavy (non-hydrogen) atoms. The van der Waals surface area contributed by atoms with Gasteiger partial charge in [-0.25, -0.2) is 13.3 Å². The number of halogens is 1. The second-order valence-corrected chi connectivity index (χ2v) is 11.2. The lowest BCUT2D eigenvalue weighted by molar-refractivity contribution is -0.122. The van der Waals surface area contributed by atoms with E-state index in [1.54, 1.807) is 24.3 Å². The van der Waals surface area contributed by atoms with Crippen molar-refractivity contribution in [3.05, 3.63) is 53.6 Å². The zero-order chi connectivity index (χ0) is 25.2. The van der Waals surface area contributed by atoms with Crippen LogP contribution < -0.4 is 10.2 Å². The second-order valence-electron chi connectivity index (χ2n) is 8.95. The highest BCUT2D eigenvalue weighted by Gasteiger charge is 2.49. The molecule has 0 spiro atoms. The molecule has 0 aromatic heterocycles. The van der Waals surface area contributed by atoms with E-state index < -0.39 is 27.9 Å². The first-order chi connectivity index (χ1) is 16.7. The molecule has 2 fully saturated rings. The summed E-state index contributed by atoms with van der Waals surface area (Å²) in [6.45, 7) is 1.38. The molecule has 8 nitrogen and oxygen atoms in total. The van der Waals surface area contributed by atoms with Crippen molar-refractivity contribution in [2.24, 2.45) is 0 Å². The molecular formula is C25H28ClN3O5S. The van der Waals surface area contributed by atoms with E-state index in [0.29, 0.717) is 29.2 Å². The minimum Gasteiger partial charge on any atom is -0.326 e. The number of hydrogen-bond acceptors (Lipinski definition) is 5. The number of carbonyl (C=O) groups excluding carboxylic acids is 3. The Bertz CT molecular complexity index is 1210. The van der Waals surface area contributed by atoms with Crippen molar-refractivity contribution >= 4 is 50.7 Å². The number of carbonyl (C=O) groups is 3. The first-order valence-corrected chi connectivity index (χ1v) is 13.5. The maximum Gasteiger partial charge on any atom is 0.252 e. The van der Waals surface area contributed by atoms with Crippen molar-refractivity contribution in [3.63, 3.8) is 0 Å². The quantitative estimate of drug-likeness (QED) is 0.453. The van der Waals surface area contributed by atoms with E-state index in [1.165, 1.54) is 35.5 Å². The van der Waals surface area contributed by atoms with Gasteiger partial charge in [0, 0.05) is 23.7 Å². The van der Waals surface area contributed by atoms with Crippen LogP contribution >= 0.6 is 11.6 Å². The molecule has 1 aliphatic carbocycles. The van der Waals surface area contributed by atoms with Crippen LogP contribution in [0.3, 0.4) is 0 Å². The molecule has 2 aromatic carbocycles. The fourth-order valence-electron chi connectivity index (χ4n) is 4.84. The Hall–Kier alpha value is -2.75. The van der Waals surface area contributed by atoms with Crippen LogP contribution in [0.1, 0.15) is 51.9 Å². The van der Waals surface area contributed by atoms with Gasteiger partial charge in [0.15, 0.2) is 0 Å². The molecular weight excluding hydrogens is 490 g/mol. The van der Waals surface area contributed by atoms with Gasteiger partial charge in [-0.2, -0.15) is 4.31 Å². The highest BCUT2D eigenvalue weighted by Crippen LogP contribution is 2.35. The van der Waals surface area contributed by atoms with Crippen LogP contribution in [0.15, 0.2) is 53.4 Å². The molecule has 3 amide bonds. The van der Waals surface area contributed by atoms with Gasteiger partial charge in [0.25, 0.3) is 5.91 Å². The van der Waals surface area contributed by atoms with Gasteiger partial charge in [0.1, 0.15) is 6.04 Å². The topological polar surface area (TPSA) is 104 Å². The number of rotatable bonds is 6. The van der Waals surface area contributed by atoms with Crippen LogP contribution in [0.2, 0.25) is 5.02 Å². The van der Waals surface area contributed by atoms with Crippen molar-refractivity contribution in [1.82, 2.24) is 4.31 Å². The van der Waals surface area contributed by atoms with Gasteiger partial charge >= 0.3 is 0 Å². The van der Waals surface area contributed by atoms with E-state index in [0.717, 1.165) is 30.6 Å². The Kier molecular flexibility index (Phi) is 7.59. The van der Waals surface area contributed by atoms with E-state index in [-0.39, 0.29) is 23.3 Å². The smallest absolute Gasteiger partial charge is 0.252 e. The van der Waals surface area contributed by atoms with Gasteiger partial charge in [0.2, 0.25) is 21.8 Å². The molecule has 186 valence electrons. The summed E-state index contributed by atoms with van der Waals surface area (Å²) < 4.78 is 29.0. The molecule has 1 unspecified atom stereocenters. The molecule has 0 bridgehead atoms. The highest BCUT2D eigenvalue weighted by molar-refractivity contribution is 7.89. The van der Waals surface area contributed by atoms with Crippen LogP contribution in [0.5, 0.6) is 0 Å². The summed E-state index contributed by atoms with van der Waals surface area (Å²) in [6, 6.07) is 10.7. The largest absolute Gasteiger partial charge is 0.326 e. The number of amides is 3. The third kappa shape index (κ3) is 5.42. The number of nitrogens with zero attached hydrogens (tertiary/aromatic N) is 2. The van der Waals surface area contributed by atoms with Crippen LogP contribution in [-0.4, -0.2) is 42.5 Å². The van der Waals surface area contributed by atoms with Crippen molar-refractivity contribution in [2.75, 3.05) is 10.2 Å². The highest BCUT2D eigenvalue weighted by atomic mass is 35.5. The summed E-state index contributed by atoms with van der Waals surface area (Å²) in [4.78, 5) is 39.0. The SMILES string of the molecule is CC(=O)Nc1ccc(N2C(=O)CC(N(C3CCCCCC3)S(=O)(=O)c3ccc(Cl)cc3)C2=O)cc1. The average molecular weight is 518 g/mol. The molecule has 1 saturated heterocycles. The molecule has 2 aliphatic rings. The number of imide groups is 1. The Labute approximate surface area is 210 Å². The summed E-state index contributed by atoms with van der Waals surface area (Å²) in [5.74, 6) is -1.26. The molecule has 1 aliphatic heterocycles. The number of nitrogens with one attached hydrogen (secondary N) is 1. The molecule has 1 saturated carbocycles. The third-order valence-corrected chi connectivity index (χ3v) is 8.68. The number of benzene rings is 2. The van der Waals surface area contributed by atoms with Gasteiger partial charge in [-0.15, -0.1) is 0 Å². The first-order valence-electron chi connectivity index (χ1n) is 11.7. The normalized spacial score (nSPS) is 19.7. The van der Waals surface area contributed by atoms with Crippen LogP contribution in [0, 0.1) is 0 Å². The van der Waals surface area contributed by atoms with E-state index in [9.17, 15) is 22.8 Å². The van der Waals surface area contributed by atoms with Gasteiger partial charge in [0.05, 0.1) is 17.0 Å². The fraction of sp³-hybridized carbons (Fsp3) is 0.400. The van der Waals surface area contributed by atoms with Crippen molar-refractivity contribution in [1.29, 1.82) is 0 Å². The van der Waals surface area contributed by atoms with Gasteiger partial charge in [-0.05, 0) is 61.4 Å². The third-order valence-electron chi connectivity index (χ3n) is 6.45. The summed E-state index contributed by atoms with van der Waals surface area (Å²) in [5.41, 5.74) is 0.864. The van der Waals surface area contributed by atoms with Crippen LogP contribution in [0.25, 0.3) is 0 Å². The molecule has 1 heterocycles. The van der Waals surface area contributed by atoms with E-state index in [4.69, 9.17) is 11.6 Å². The molecule has 2 aromatic rings. The predicted molar refractivity (Wildman–Crippen MR) is 134 cm³/mol. The summed E-state index contributed by atoms with van der Waals surface area (Å²) in [7, 11) is -4.07. The number of hydrogen-bond donors (Lipinski definition) is 1. The monoisotopic (exact) mass is 517 g/mol. The van der Waals surface area contributed by atoms with Crippen molar-refractivity contribution in [3.8, 4) is 0 Å². The Morgan fingerprint density at radius 1 is 0.971 bits per heavy atom. The Balaban J connectivity index is 1.69. The number of anilines is 2. The lowest BCUT2D eigenvalue weighted by Gasteiger charge is -2.33. The van der Waals surface area contributed by atoms with Gasteiger partial charge in [-0.1, -0.05) is 37.3 Å². The molecule has 10 heteroatoms. The maximum atomic E-state index is 13.8. The van der Waals surface area contributed by atoms with Gasteiger partial charge in [-0.3, -0.25) is 14.4 Å². The van der Waals surface area contributed by atoms with Crippen molar-refractivity contribution < 1.29 is 22.8 Å². The summed E-state index contributed by atoms with van der Waals surface area (Å²) in [5, 5.41) is 3.05. The Morgan fingerprint density at radius 3 is 2.14 bits per heavy atom.